The summed E-state index contributed by atoms with van der Waals surface area (Å²) in [7, 11) is -0.648. The Labute approximate surface area is 304 Å². The molecule has 0 spiro atoms. The third kappa shape index (κ3) is 38.6. The Kier molecular flexibility index (Phi) is 35.5. The van der Waals surface area contributed by atoms with E-state index in [0.717, 1.165) is 42.9 Å². The van der Waals surface area contributed by atoms with E-state index in [1.54, 1.807) is 0 Å². The number of hydrogen-bond donors (Lipinski definition) is 1. The second kappa shape index (κ2) is 35.9. The van der Waals surface area contributed by atoms with Gasteiger partial charge >= 0.3 is 5.97 Å². The second-order valence-corrected chi connectivity index (χ2v) is 16.5. The molecule has 0 saturated carbocycles. The number of carbonyl (C=O) groups is 1. The van der Waals surface area contributed by atoms with E-state index in [0.29, 0.717) is 19.6 Å². The first-order valence-corrected chi connectivity index (χ1v) is 22.3. The number of quaternary nitrogens is 1. The topological polar surface area (TPSA) is 98.6 Å². The van der Waals surface area contributed by atoms with Crippen LogP contribution in [0, 0.1) is 5.92 Å². The van der Waals surface area contributed by atoms with E-state index in [4.69, 9.17) is 18.5 Å². The van der Waals surface area contributed by atoms with E-state index in [9.17, 15) is 14.3 Å². The standard InChI is InChI=1S/C40H82NO7P/c1-6-7-8-9-10-11-12-13-14-17-20-23-26-29-32-40(42)48-39(37-47-49(43,44)46-35-33-41(4)5)36-45-34-30-27-24-21-18-15-16-19-22-25-28-31-38(2)3/h38-39H,6-37H2,1-5H3,(H,43,44)/t39-/m1/s1. The van der Waals surface area contributed by atoms with Gasteiger partial charge in [-0.15, -0.1) is 0 Å². The van der Waals surface area contributed by atoms with Crippen LogP contribution in [0.2, 0.25) is 0 Å². The normalized spacial score (nSPS) is 13.7. The third-order valence-electron chi connectivity index (χ3n) is 9.18. The SMILES string of the molecule is CCCCCCCCCCCCCCCCC(=O)O[C@H](COCCCCCCCCCCCCCC(C)C)COP(=O)([O-])OCC[NH+](C)C. The Hall–Kier alpha value is -0.500. The zero-order chi connectivity index (χ0) is 36.3. The van der Waals surface area contributed by atoms with Crippen molar-refractivity contribution in [1.29, 1.82) is 0 Å². The fourth-order valence-corrected chi connectivity index (χ4v) is 6.70. The van der Waals surface area contributed by atoms with Crippen molar-refractivity contribution in [1.82, 2.24) is 0 Å². The summed E-state index contributed by atoms with van der Waals surface area (Å²) in [6, 6.07) is 0. The van der Waals surface area contributed by atoms with E-state index < -0.39 is 13.9 Å². The number of rotatable bonds is 39. The van der Waals surface area contributed by atoms with Crippen LogP contribution >= 0.6 is 7.82 Å². The maximum absolute atomic E-state index is 12.6. The van der Waals surface area contributed by atoms with Crippen LogP contribution in [0.15, 0.2) is 0 Å². The summed E-state index contributed by atoms with van der Waals surface area (Å²) in [5.41, 5.74) is 0. The number of phosphoric ester groups is 1. The Morgan fingerprint density at radius 2 is 1.06 bits per heavy atom. The summed E-state index contributed by atoms with van der Waals surface area (Å²) in [4.78, 5) is 25.9. The smallest absolute Gasteiger partial charge is 0.306 e. The van der Waals surface area contributed by atoms with Crippen LogP contribution in [0.1, 0.15) is 194 Å². The molecule has 0 aromatic heterocycles. The van der Waals surface area contributed by atoms with Crippen LogP contribution in [0.5, 0.6) is 0 Å². The molecule has 0 aliphatic carbocycles. The quantitative estimate of drug-likeness (QED) is 0.0384. The highest BCUT2D eigenvalue weighted by molar-refractivity contribution is 7.45. The van der Waals surface area contributed by atoms with Crippen molar-refractivity contribution in [2.45, 2.75) is 200 Å². The molecule has 0 aliphatic heterocycles. The van der Waals surface area contributed by atoms with Crippen molar-refractivity contribution >= 4 is 13.8 Å². The Morgan fingerprint density at radius 1 is 0.612 bits per heavy atom. The van der Waals surface area contributed by atoms with E-state index in [2.05, 4.69) is 20.8 Å². The molecule has 0 saturated heterocycles. The lowest BCUT2D eigenvalue weighted by atomic mass is 10.0. The number of unbranched alkanes of at least 4 members (excludes halogenated alkanes) is 23. The third-order valence-corrected chi connectivity index (χ3v) is 10.1. The van der Waals surface area contributed by atoms with Gasteiger partial charge in [-0.2, -0.15) is 0 Å². The molecule has 2 atom stereocenters. The van der Waals surface area contributed by atoms with Crippen molar-refractivity contribution in [3.05, 3.63) is 0 Å². The fraction of sp³-hybridized carbons (Fsp3) is 0.975. The zero-order valence-electron chi connectivity index (χ0n) is 33.1. The molecule has 0 aromatic rings. The summed E-state index contributed by atoms with van der Waals surface area (Å²) < 4.78 is 33.7. The Balaban J connectivity index is 4.16. The molecule has 0 bridgehead atoms. The molecule has 1 unspecified atom stereocenters. The lowest BCUT2D eigenvalue weighted by Crippen LogP contribution is -3.06. The molecular formula is C40H82NO7P. The van der Waals surface area contributed by atoms with Crippen LogP contribution in [0.25, 0.3) is 0 Å². The van der Waals surface area contributed by atoms with Crippen molar-refractivity contribution < 1.29 is 37.7 Å². The van der Waals surface area contributed by atoms with Crippen molar-refractivity contribution in [2.24, 2.45) is 5.92 Å². The summed E-state index contributed by atoms with van der Waals surface area (Å²) in [6.07, 6.45) is 32.5. The number of phosphoric acid groups is 1. The lowest BCUT2D eigenvalue weighted by Gasteiger charge is -2.25. The molecule has 8 nitrogen and oxygen atoms in total. The molecule has 1 N–H and O–H groups in total. The van der Waals surface area contributed by atoms with Gasteiger partial charge in [-0.05, 0) is 18.8 Å². The van der Waals surface area contributed by atoms with Gasteiger partial charge in [0.05, 0.1) is 27.3 Å². The summed E-state index contributed by atoms with van der Waals surface area (Å²) in [6.45, 7) is 7.83. The Bertz CT molecular complexity index is 752. The van der Waals surface area contributed by atoms with Crippen molar-refractivity contribution in [3.63, 3.8) is 0 Å². The van der Waals surface area contributed by atoms with Gasteiger partial charge in [-0.25, -0.2) is 0 Å². The maximum Gasteiger partial charge on any atom is 0.306 e. The maximum atomic E-state index is 12.6. The molecule has 0 aliphatic rings. The number of esters is 1. The average molecular weight is 720 g/mol. The minimum absolute atomic E-state index is 0.0433. The molecule has 0 heterocycles. The van der Waals surface area contributed by atoms with Gasteiger partial charge in [0, 0.05) is 13.0 Å². The van der Waals surface area contributed by atoms with Gasteiger partial charge in [0.25, 0.3) is 7.82 Å². The summed E-state index contributed by atoms with van der Waals surface area (Å²) in [5, 5.41) is 0. The molecule has 0 rings (SSSR count). The number of ether oxygens (including phenoxy) is 2. The molecular weight excluding hydrogens is 637 g/mol. The molecule has 0 fully saturated rings. The van der Waals surface area contributed by atoms with Crippen LogP contribution in [0.4, 0.5) is 0 Å². The number of carbonyl (C=O) groups excluding carboxylic acids is 1. The number of likely N-dealkylation sites (N-methyl/N-ethyl adjacent to an activating group) is 1. The highest BCUT2D eigenvalue weighted by Crippen LogP contribution is 2.38. The van der Waals surface area contributed by atoms with Crippen molar-refractivity contribution in [3.8, 4) is 0 Å². The number of nitrogens with one attached hydrogen (secondary N) is 1. The van der Waals surface area contributed by atoms with Crippen molar-refractivity contribution in [2.75, 3.05) is 47.1 Å². The minimum atomic E-state index is -4.49. The van der Waals surface area contributed by atoms with E-state index in [1.165, 1.54) is 135 Å². The van der Waals surface area contributed by atoms with Gasteiger partial charge in [-0.1, -0.05) is 175 Å². The van der Waals surface area contributed by atoms with Gasteiger partial charge in [-0.3, -0.25) is 9.36 Å². The largest absolute Gasteiger partial charge is 0.756 e. The predicted octanol–water partition coefficient (Wildman–Crippen LogP) is 9.77. The van der Waals surface area contributed by atoms with Gasteiger partial charge in [0.2, 0.25) is 0 Å². The van der Waals surface area contributed by atoms with Gasteiger partial charge < -0.3 is 28.3 Å². The van der Waals surface area contributed by atoms with Gasteiger partial charge in [0.1, 0.15) is 19.3 Å². The number of hydrogen-bond acceptors (Lipinski definition) is 7. The second-order valence-electron chi connectivity index (χ2n) is 15.1. The monoisotopic (exact) mass is 720 g/mol. The molecule has 0 radical (unpaired) electrons. The van der Waals surface area contributed by atoms with Crippen LogP contribution < -0.4 is 9.79 Å². The summed E-state index contributed by atoms with van der Waals surface area (Å²) >= 11 is 0. The molecule has 9 heteroatoms. The first-order chi connectivity index (χ1) is 23.7. The van der Waals surface area contributed by atoms with E-state index in [-0.39, 0.29) is 25.8 Å². The Morgan fingerprint density at radius 3 is 1.53 bits per heavy atom. The predicted molar refractivity (Wildman–Crippen MR) is 203 cm³/mol. The van der Waals surface area contributed by atoms with Crippen LogP contribution in [0.3, 0.4) is 0 Å². The average Bonchev–Trinajstić information content (AvgIpc) is 3.05. The first kappa shape index (κ1) is 48.5. The fourth-order valence-electron chi connectivity index (χ4n) is 5.96. The molecule has 294 valence electrons. The summed E-state index contributed by atoms with van der Waals surface area (Å²) in [5.74, 6) is 0.499. The van der Waals surface area contributed by atoms with Crippen LogP contribution in [-0.2, 0) is 27.9 Å². The lowest BCUT2D eigenvalue weighted by molar-refractivity contribution is -0.858. The molecule has 0 aromatic carbocycles. The highest BCUT2D eigenvalue weighted by Gasteiger charge is 2.19. The van der Waals surface area contributed by atoms with E-state index in [1.807, 2.05) is 14.1 Å². The van der Waals surface area contributed by atoms with E-state index >= 15 is 0 Å². The minimum Gasteiger partial charge on any atom is -0.756 e. The van der Waals surface area contributed by atoms with Gasteiger partial charge in [0.15, 0.2) is 0 Å². The zero-order valence-corrected chi connectivity index (χ0v) is 34.0. The molecule has 49 heavy (non-hydrogen) atoms. The molecule has 0 amide bonds. The highest BCUT2D eigenvalue weighted by atomic mass is 31.2. The first-order valence-electron chi connectivity index (χ1n) is 20.8. The van der Waals surface area contributed by atoms with Crippen LogP contribution in [-0.4, -0.2) is 59.1 Å².